The second kappa shape index (κ2) is 7.80. The molecule has 0 radical (unpaired) electrons. The molecule has 2 aromatic carbocycles. The van der Waals surface area contributed by atoms with Gasteiger partial charge in [-0.1, -0.05) is 41.4 Å². The van der Waals surface area contributed by atoms with E-state index in [4.69, 9.17) is 38.4 Å². The highest BCUT2D eigenvalue weighted by Gasteiger charge is 2.32. The van der Waals surface area contributed by atoms with Gasteiger partial charge in [0.25, 0.3) is 0 Å². The first-order valence-electron chi connectivity index (χ1n) is 8.40. The summed E-state index contributed by atoms with van der Waals surface area (Å²) >= 11 is 13.7. The Kier molecular flexibility index (Phi) is 5.20. The first kappa shape index (κ1) is 19.3. The van der Waals surface area contributed by atoms with Crippen LogP contribution in [0.2, 0.25) is 10.0 Å². The molecule has 2 heterocycles. The van der Waals surface area contributed by atoms with Crippen LogP contribution in [0.3, 0.4) is 0 Å². The number of nitrogens with zero attached hydrogens (tertiary/aromatic N) is 1. The van der Waals surface area contributed by atoms with E-state index in [9.17, 15) is 10.1 Å². The molecule has 0 aliphatic carbocycles. The molecule has 1 aliphatic heterocycles. The molecule has 8 heteroatoms. The molecule has 144 valence electrons. The lowest BCUT2D eigenvalue weighted by Gasteiger charge is -2.27. The van der Waals surface area contributed by atoms with Crippen molar-refractivity contribution in [3.63, 3.8) is 0 Å². The first-order chi connectivity index (χ1) is 14.0. The van der Waals surface area contributed by atoms with Crippen LogP contribution in [-0.2, 0) is 0 Å². The highest BCUT2D eigenvalue weighted by molar-refractivity contribution is 7.12. The Morgan fingerprint density at radius 2 is 1.97 bits per heavy atom. The van der Waals surface area contributed by atoms with Gasteiger partial charge in [-0.2, -0.15) is 5.26 Å². The van der Waals surface area contributed by atoms with Gasteiger partial charge in [0.2, 0.25) is 5.88 Å². The van der Waals surface area contributed by atoms with Crippen LogP contribution in [0.1, 0.15) is 26.7 Å². The van der Waals surface area contributed by atoms with Gasteiger partial charge in [0.05, 0.1) is 5.92 Å². The summed E-state index contributed by atoms with van der Waals surface area (Å²) in [6, 6.07) is 15.5. The fraction of sp³-hybridized carbons (Fsp3) is 0.0476. The number of rotatable bonds is 3. The molecule has 0 spiro atoms. The second-order valence-electron chi connectivity index (χ2n) is 6.16. The molecule has 0 amide bonds. The SMILES string of the molecule is N#CC1=C(N)Oc2cc(OC(=O)c3cccs3)ccc2C1c1ccc(Cl)cc1Cl. The number of ether oxygens (including phenoxy) is 2. The Labute approximate surface area is 180 Å². The van der Waals surface area contributed by atoms with Crippen molar-refractivity contribution in [3.8, 4) is 17.6 Å². The van der Waals surface area contributed by atoms with Gasteiger partial charge >= 0.3 is 5.97 Å². The number of hydrogen-bond donors (Lipinski definition) is 1. The molecule has 29 heavy (non-hydrogen) atoms. The minimum absolute atomic E-state index is 0.0299. The number of nitrogens with two attached hydrogens (primary N) is 1. The summed E-state index contributed by atoms with van der Waals surface area (Å²) in [6.07, 6.45) is 0. The molecule has 1 atom stereocenters. The zero-order valence-corrected chi connectivity index (χ0v) is 17.0. The van der Waals surface area contributed by atoms with Crippen molar-refractivity contribution in [2.45, 2.75) is 5.92 Å². The fourth-order valence-electron chi connectivity index (χ4n) is 3.11. The summed E-state index contributed by atoms with van der Waals surface area (Å²) < 4.78 is 11.1. The third-order valence-electron chi connectivity index (χ3n) is 4.40. The molecular formula is C21H12Cl2N2O3S. The largest absolute Gasteiger partial charge is 0.440 e. The van der Waals surface area contributed by atoms with Gasteiger partial charge < -0.3 is 15.2 Å². The van der Waals surface area contributed by atoms with Gasteiger partial charge in [0.15, 0.2) is 0 Å². The molecule has 1 aliphatic rings. The zero-order valence-electron chi connectivity index (χ0n) is 14.7. The molecular weight excluding hydrogens is 431 g/mol. The summed E-state index contributed by atoms with van der Waals surface area (Å²) in [6.45, 7) is 0. The van der Waals surface area contributed by atoms with E-state index >= 15 is 0 Å². The standard InChI is InChI=1S/C21H12Cl2N2O3S/c22-11-3-5-13(16(23)8-11)19-14-6-4-12(27-21(26)18-2-1-7-29-18)9-17(14)28-20(25)15(19)10-24/h1-9,19H,25H2. The minimum atomic E-state index is -0.532. The molecule has 5 nitrogen and oxygen atoms in total. The van der Waals surface area contributed by atoms with Crippen LogP contribution in [0.5, 0.6) is 11.5 Å². The molecule has 1 unspecified atom stereocenters. The summed E-state index contributed by atoms with van der Waals surface area (Å²) in [5.74, 6) is -0.340. The maximum atomic E-state index is 12.2. The first-order valence-corrected chi connectivity index (χ1v) is 10.0. The minimum Gasteiger partial charge on any atom is -0.440 e. The van der Waals surface area contributed by atoms with Crippen LogP contribution in [-0.4, -0.2) is 5.97 Å². The molecule has 3 aromatic rings. The lowest BCUT2D eigenvalue weighted by molar-refractivity contribution is 0.0739. The predicted octanol–water partition coefficient (Wildman–Crippen LogP) is 5.49. The van der Waals surface area contributed by atoms with Crippen molar-refractivity contribution < 1.29 is 14.3 Å². The number of benzene rings is 2. The number of esters is 1. The highest BCUT2D eigenvalue weighted by atomic mass is 35.5. The molecule has 4 rings (SSSR count). The van der Waals surface area contributed by atoms with Crippen molar-refractivity contribution in [2.75, 3.05) is 0 Å². The summed E-state index contributed by atoms with van der Waals surface area (Å²) in [7, 11) is 0. The van der Waals surface area contributed by atoms with Gasteiger partial charge in [-0.25, -0.2) is 4.79 Å². The Hall–Kier alpha value is -2.98. The van der Waals surface area contributed by atoms with E-state index in [-0.39, 0.29) is 11.5 Å². The van der Waals surface area contributed by atoms with E-state index in [1.54, 1.807) is 53.9 Å². The molecule has 0 bridgehead atoms. The average molecular weight is 443 g/mol. The Morgan fingerprint density at radius 3 is 2.66 bits per heavy atom. The van der Waals surface area contributed by atoms with E-state index in [0.717, 1.165) is 0 Å². The third kappa shape index (κ3) is 3.68. The van der Waals surface area contributed by atoms with E-state index in [2.05, 4.69) is 6.07 Å². The lowest BCUT2D eigenvalue weighted by atomic mass is 9.83. The maximum Gasteiger partial charge on any atom is 0.353 e. The van der Waals surface area contributed by atoms with E-state index in [1.165, 1.54) is 11.3 Å². The van der Waals surface area contributed by atoms with Gasteiger partial charge in [-0.05, 0) is 35.2 Å². The van der Waals surface area contributed by atoms with Crippen molar-refractivity contribution >= 4 is 40.5 Å². The smallest absolute Gasteiger partial charge is 0.353 e. The number of nitriles is 1. The Balaban J connectivity index is 1.75. The lowest BCUT2D eigenvalue weighted by Crippen LogP contribution is -2.21. The van der Waals surface area contributed by atoms with Gasteiger partial charge in [0.1, 0.15) is 28.0 Å². The number of hydrogen-bond acceptors (Lipinski definition) is 6. The molecule has 0 saturated carbocycles. The molecule has 0 saturated heterocycles. The van der Waals surface area contributed by atoms with Crippen molar-refractivity contribution in [1.82, 2.24) is 0 Å². The normalized spacial score (nSPS) is 15.3. The molecule has 1 aromatic heterocycles. The predicted molar refractivity (Wildman–Crippen MR) is 111 cm³/mol. The number of carbonyl (C=O) groups is 1. The maximum absolute atomic E-state index is 12.2. The quantitative estimate of drug-likeness (QED) is 0.427. The Bertz CT molecular complexity index is 1180. The van der Waals surface area contributed by atoms with Gasteiger partial charge in [0, 0.05) is 21.7 Å². The van der Waals surface area contributed by atoms with Crippen LogP contribution in [0, 0.1) is 11.3 Å². The monoisotopic (exact) mass is 442 g/mol. The highest BCUT2D eigenvalue weighted by Crippen LogP contribution is 2.45. The van der Waals surface area contributed by atoms with Crippen LogP contribution in [0.4, 0.5) is 0 Å². The Morgan fingerprint density at radius 1 is 1.17 bits per heavy atom. The molecule has 0 fully saturated rings. The van der Waals surface area contributed by atoms with Crippen LogP contribution >= 0.6 is 34.5 Å². The van der Waals surface area contributed by atoms with E-state index < -0.39 is 11.9 Å². The average Bonchev–Trinajstić information content (AvgIpc) is 3.22. The van der Waals surface area contributed by atoms with Crippen LogP contribution < -0.4 is 15.2 Å². The topological polar surface area (TPSA) is 85.3 Å². The second-order valence-corrected chi connectivity index (χ2v) is 7.95. The molecule has 2 N–H and O–H groups in total. The van der Waals surface area contributed by atoms with Crippen molar-refractivity contribution in [1.29, 1.82) is 5.26 Å². The van der Waals surface area contributed by atoms with E-state index in [1.807, 2.05) is 0 Å². The summed E-state index contributed by atoms with van der Waals surface area (Å²) in [4.78, 5) is 12.7. The van der Waals surface area contributed by atoms with Crippen molar-refractivity contribution in [2.24, 2.45) is 5.73 Å². The van der Waals surface area contributed by atoms with Gasteiger partial charge in [-0.3, -0.25) is 0 Å². The van der Waals surface area contributed by atoms with Crippen LogP contribution in [0.25, 0.3) is 0 Å². The number of thiophene rings is 1. The summed E-state index contributed by atoms with van der Waals surface area (Å²) in [5.41, 5.74) is 7.59. The van der Waals surface area contributed by atoms with Crippen molar-refractivity contribution in [3.05, 3.63) is 91.4 Å². The fourth-order valence-corrected chi connectivity index (χ4v) is 4.22. The third-order valence-corrected chi connectivity index (χ3v) is 5.81. The van der Waals surface area contributed by atoms with E-state index in [0.29, 0.717) is 37.5 Å². The number of fused-ring (bicyclic) bond motifs is 1. The van der Waals surface area contributed by atoms with Crippen LogP contribution in [0.15, 0.2) is 65.4 Å². The van der Waals surface area contributed by atoms with Gasteiger partial charge in [-0.15, -0.1) is 11.3 Å². The number of carbonyl (C=O) groups excluding carboxylic acids is 1. The summed E-state index contributed by atoms with van der Waals surface area (Å²) in [5, 5.41) is 12.3. The number of halogens is 2. The number of allylic oxidation sites excluding steroid dienone is 1. The zero-order chi connectivity index (χ0) is 20.5.